The SMILES string of the molecule is CC(C)Oc1cccc(N2C(=O)C(c3ccc(Cl)cc3)=C(N3CCCC3)C2=O)c1. The maximum atomic E-state index is 13.4. The highest BCUT2D eigenvalue weighted by atomic mass is 35.5. The average molecular weight is 411 g/mol. The van der Waals surface area contributed by atoms with Gasteiger partial charge < -0.3 is 9.64 Å². The minimum atomic E-state index is -0.319. The molecular formula is C23H23ClN2O3. The van der Waals surface area contributed by atoms with E-state index < -0.39 is 0 Å². The molecule has 5 nitrogen and oxygen atoms in total. The van der Waals surface area contributed by atoms with Crippen LogP contribution >= 0.6 is 11.6 Å². The summed E-state index contributed by atoms with van der Waals surface area (Å²) < 4.78 is 5.75. The van der Waals surface area contributed by atoms with Gasteiger partial charge >= 0.3 is 0 Å². The van der Waals surface area contributed by atoms with E-state index in [4.69, 9.17) is 16.3 Å². The van der Waals surface area contributed by atoms with Gasteiger partial charge in [-0.05, 0) is 56.5 Å². The van der Waals surface area contributed by atoms with Crippen LogP contribution in [0.15, 0.2) is 54.2 Å². The number of amides is 2. The zero-order chi connectivity index (χ0) is 20.5. The highest BCUT2D eigenvalue weighted by Crippen LogP contribution is 2.37. The van der Waals surface area contributed by atoms with Crippen molar-refractivity contribution >= 4 is 34.7 Å². The Bertz CT molecular complexity index is 976. The Morgan fingerprint density at radius 3 is 2.31 bits per heavy atom. The van der Waals surface area contributed by atoms with Gasteiger partial charge in [0.1, 0.15) is 11.4 Å². The lowest BCUT2D eigenvalue weighted by molar-refractivity contribution is -0.120. The quantitative estimate of drug-likeness (QED) is 0.680. The van der Waals surface area contributed by atoms with Gasteiger partial charge in [0, 0.05) is 24.2 Å². The van der Waals surface area contributed by atoms with E-state index in [0.717, 1.165) is 25.9 Å². The number of halogens is 1. The van der Waals surface area contributed by atoms with Crippen molar-refractivity contribution in [2.24, 2.45) is 0 Å². The average Bonchev–Trinajstić information content (AvgIpc) is 3.28. The summed E-state index contributed by atoms with van der Waals surface area (Å²) in [5.41, 5.74) is 2.12. The molecule has 0 aromatic heterocycles. The fourth-order valence-electron chi connectivity index (χ4n) is 3.83. The standard InChI is InChI=1S/C23H23ClN2O3/c1-15(2)29-19-7-5-6-18(14-19)26-22(27)20(16-8-10-17(24)11-9-16)21(23(26)28)25-12-3-4-13-25/h5-11,14-15H,3-4,12-13H2,1-2H3. The molecule has 1 saturated heterocycles. The Morgan fingerprint density at radius 1 is 0.966 bits per heavy atom. The molecule has 6 heteroatoms. The van der Waals surface area contributed by atoms with Crippen molar-refractivity contribution in [1.29, 1.82) is 0 Å². The van der Waals surface area contributed by atoms with Crippen molar-refractivity contribution in [2.45, 2.75) is 32.8 Å². The van der Waals surface area contributed by atoms with Gasteiger partial charge in [0.05, 0.1) is 17.4 Å². The van der Waals surface area contributed by atoms with Crippen molar-refractivity contribution in [1.82, 2.24) is 4.90 Å². The minimum absolute atomic E-state index is 0.00172. The predicted molar refractivity (Wildman–Crippen MR) is 114 cm³/mol. The molecule has 2 heterocycles. The van der Waals surface area contributed by atoms with Crippen LogP contribution in [-0.4, -0.2) is 35.9 Å². The normalized spacial score (nSPS) is 17.1. The van der Waals surface area contributed by atoms with Crippen LogP contribution < -0.4 is 9.64 Å². The van der Waals surface area contributed by atoms with Crippen LogP contribution in [0.2, 0.25) is 5.02 Å². The van der Waals surface area contributed by atoms with Crippen LogP contribution in [-0.2, 0) is 9.59 Å². The van der Waals surface area contributed by atoms with Crippen LogP contribution in [0.4, 0.5) is 5.69 Å². The monoisotopic (exact) mass is 410 g/mol. The molecule has 2 aliphatic heterocycles. The Balaban J connectivity index is 1.77. The molecule has 2 aromatic carbocycles. The lowest BCUT2D eigenvalue weighted by Crippen LogP contribution is -2.34. The van der Waals surface area contributed by atoms with E-state index in [0.29, 0.717) is 33.3 Å². The number of ether oxygens (including phenoxy) is 1. The second kappa shape index (κ2) is 7.91. The molecule has 4 rings (SSSR count). The first-order chi connectivity index (χ1) is 14.0. The zero-order valence-electron chi connectivity index (χ0n) is 16.5. The number of hydrogen-bond acceptors (Lipinski definition) is 4. The lowest BCUT2D eigenvalue weighted by atomic mass is 10.0. The topological polar surface area (TPSA) is 49.9 Å². The third-order valence-corrected chi connectivity index (χ3v) is 5.31. The van der Waals surface area contributed by atoms with Gasteiger partial charge in [-0.1, -0.05) is 29.8 Å². The first-order valence-corrected chi connectivity index (χ1v) is 10.2. The molecule has 0 N–H and O–H groups in total. The molecular weight excluding hydrogens is 388 g/mol. The highest BCUT2D eigenvalue weighted by molar-refractivity contribution is 6.45. The molecule has 29 heavy (non-hydrogen) atoms. The second-order valence-corrected chi connectivity index (χ2v) is 7.97. The largest absolute Gasteiger partial charge is 0.491 e. The van der Waals surface area contributed by atoms with Gasteiger partial charge in [0.15, 0.2) is 0 Å². The number of imide groups is 1. The third-order valence-electron chi connectivity index (χ3n) is 5.06. The van der Waals surface area contributed by atoms with Crippen molar-refractivity contribution in [2.75, 3.05) is 18.0 Å². The predicted octanol–water partition coefficient (Wildman–Crippen LogP) is 4.51. The fourth-order valence-corrected chi connectivity index (χ4v) is 3.96. The fraction of sp³-hybridized carbons (Fsp3) is 0.304. The number of anilines is 1. The first kappa shape index (κ1) is 19.5. The smallest absolute Gasteiger partial charge is 0.282 e. The minimum Gasteiger partial charge on any atom is -0.491 e. The van der Waals surface area contributed by atoms with Crippen molar-refractivity contribution in [3.05, 3.63) is 64.8 Å². The van der Waals surface area contributed by atoms with E-state index in [-0.39, 0.29) is 17.9 Å². The zero-order valence-corrected chi connectivity index (χ0v) is 17.3. The third kappa shape index (κ3) is 3.75. The number of carbonyl (C=O) groups is 2. The maximum Gasteiger partial charge on any atom is 0.282 e. The maximum absolute atomic E-state index is 13.4. The summed E-state index contributed by atoms with van der Waals surface area (Å²) in [5, 5.41) is 0.587. The number of carbonyl (C=O) groups excluding carboxylic acids is 2. The Morgan fingerprint density at radius 2 is 1.66 bits per heavy atom. The molecule has 1 fully saturated rings. The molecule has 0 unspecified atom stereocenters. The van der Waals surface area contributed by atoms with Crippen LogP contribution in [0.5, 0.6) is 5.75 Å². The van der Waals surface area contributed by atoms with Crippen molar-refractivity contribution in [3.63, 3.8) is 0 Å². The first-order valence-electron chi connectivity index (χ1n) is 9.86. The Hall–Kier alpha value is -2.79. The van der Waals surface area contributed by atoms with Gasteiger partial charge in [-0.3, -0.25) is 9.59 Å². The van der Waals surface area contributed by atoms with E-state index in [9.17, 15) is 9.59 Å². The molecule has 0 saturated carbocycles. The van der Waals surface area contributed by atoms with Crippen molar-refractivity contribution in [3.8, 4) is 5.75 Å². The summed E-state index contributed by atoms with van der Waals surface area (Å²) in [5.74, 6) is 0.0187. The molecule has 0 atom stereocenters. The summed E-state index contributed by atoms with van der Waals surface area (Å²) in [6.45, 7) is 5.42. The number of rotatable bonds is 5. The van der Waals surface area contributed by atoms with E-state index in [2.05, 4.69) is 0 Å². The molecule has 150 valence electrons. The van der Waals surface area contributed by atoms with Gasteiger partial charge in [-0.15, -0.1) is 0 Å². The molecule has 0 spiro atoms. The number of benzene rings is 2. The summed E-state index contributed by atoms with van der Waals surface area (Å²) in [4.78, 5) is 30.2. The van der Waals surface area contributed by atoms with Gasteiger partial charge in [-0.2, -0.15) is 0 Å². The molecule has 0 aliphatic carbocycles. The summed E-state index contributed by atoms with van der Waals surface area (Å²) in [6.07, 6.45) is 2.02. The van der Waals surface area contributed by atoms with E-state index in [1.807, 2.05) is 24.8 Å². The molecule has 2 aliphatic rings. The Labute approximate surface area is 175 Å². The van der Waals surface area contributed by atoms with Crippen LogP contribution in [0.3, 0.4) is 0 Å². The van der Waals surface area contributed by atoms with Gasteiger partial charge in [0.25, 0.3) is 11.8 Å². The molecule has 2 aromatic rings. The summed E-state index contributed by atoms with van der Waals surface area (Å²) in [6, 6.07) is 14.2. The summed E-state index contributed by atoms with van der Waals surface area (Å²) >= 11 is 6.03. The van der Waals surface area contributed by atoms with Crippen LogP contribution in [0.1, 0.15) is 32.3 Å². The number of hydrogen-bond donors (Lipinski definition) is 0. The summed E-state index contributed by atoms with van der Waals surface area (Å²) in [7, 11) is 0. The lowest BCUT2D eigenvalue weighted by Gasteiger charge is -2.20. The van der Waals surface area contributed by atoms with Gasteiger partial charge in [-0.25, -0.2) is 4.90 Å². The molecule has 2 amide bonds. The van der Waals surface area contributed by atoms with Crippen LogP contribution in [0.25, 0.3) is 5.57 Å². The molecule has 0 bridgehead atoms. The second-order valence-electron chi connectivity index (χ2n) is 7.53. The highest BCUT2D eigenvalue weighted by Gasteiger charge is 2.43. The van der Waals surface area contributed by atoms with E-state index in [1.54, 1.807) is 42.5 Å². The van der Waals surface area contributed by atoms with E-state index in [1.165, 1.54) is 4.90 Å². The van der Waals surface area contributed by atoms with Crippen molar-refractivity contribution < 1.29 is 14.3 Å². The van der Waals surface area contributed by atoms with E-state index >= 15 is 0 Å². The number of likely N-dealkylation sites (tertiary alicyclic amines) is 1. The Kier molecular flexibility index (Phi) is 5.33. The van der Waals surface area contributed by atoms with Crippen LogP contribution in [0, 0.1) is 0 Å². The number of nitrogens with zero attached hydrogens (tertiary/aromatic N) is 2. The van der Waals surface area contributed by atoms with Gasteiger partial charge in [0.2, 0.25) is 0 Å². The molecule has 0 radical (unpaired) electrons.